The lowest BCUT2D eigenvalue weighted by Gasteiger charge is -2.38. The molecule has 12 N–H and O–H groups in total. The molecule has 0 heterocycles. The predicted molar refractivity (Wildman–Crippen MR) is 220 cm³/mol. The molecule has 0 saturated carbocycles. The molecule has 8 atom stereocenters. The second kappa shape index (κ2) is 27.9. The lowest BCUT2D eigenvalue weighted by Crippen LogP contribution is -2.53. The topological polar surface area (TPSA) is 329 Å². The molecule has 0 aromatic carbocycles. The van der Waals surface area contributed by atoms with E-state index in [1.807, 2.05) is 27.7 Å². The summed E-state index contributed by atoms with van der Waals surface area (Å²) in [6.07, 6.45) is -14.0. The molecule has 21 heteroatoms. The molecule has 0 aliphatic carbocycles. The number of hydrogen-bond acceptors (Lipinski definition) is 18. The van der Waals surface area contributed by atoms with Gasteiger partial charge in [0.1, 0.15) is 36.6 Å². The molecule has 0 fully saturated rings. The highest BCUT2D eigenvalue weighted by Gasteiger charge is 2.40. The normalized spacial score (nSPS) is 17.0. The van der Waals surface area contributed by atoms with Crippen molar-refractivity contribution in [2.45, 2.75) is 135 Å². The van der Waals surface area contributed by atoms with E-state index in [1.54, 1.807) is 34.7 Å². The number of aliphatic carboxylic acids is 1. The van der Waals surface area contributed by atoms with Crippen LogP contribution in [0.4, 0.5) is 0 Å². The summed E-state index contributed by atoms with van der Waals surface area (Å²) in [6, 6.07) is 0. The molecule has 0 unspecified atom stereocenters. The third-order valence-electron chi connectivity index (χ3n) is 10.0. The molecule has 0 bridgehead atoms. The standard InChI is InChI=1S/C40H79N3O18/c1-37(2,36(57)42(9)25-38(3,4)35(56)41-12-16-59-19-18-58-14-10-30(50)51)24-40(7,8)60-15-11-39(5,6)61-17-13-43(20-26(46)31(52)33(54)28(48)22-44)21-27(47)32(53)34(55)29(49)23-45/h26-29,31-34,44-49,52-55H,10-25H2,1-9H3,(H,41,56)(H,50,51)/t26-,27-,28+,29+,31+,32+,33+,34+/m0/s1. The fraction of sp³-hybridized carbons (Fsp3) is 0.925. The van der Waals surface area contributed by atoms with E-state index in [1.165, 1.54) is 9.80 Å². The first kappa shape index (κ1) is 58.8. The monoisotopic (exact) mass is 890 g/mol. The Morgan fingerprint density at radius 1 is 0.607 bits per heavy atom. The summed E-state index contributed by atoms with van der Waals surface area (Å²) < 4.78 is 22.9. The third-order valence-corrected chi connectivity index (χ3v) is 10.0. The SMILES string of the molecule is CN(CC(C)(C)C(=O)NCCOCCOCCC(=O)O)C(=O)C(C)(C)CC(C)(C)OCCC(C)(C)OCCN(C[C@H](O)[C@@H](O)[C@H](O)[C@H](O)CO)C[C@H](O)[C@@H](O)[C@H](O)[C@H](O)CO. The van der Waals surface area contributed by atoms with Gasteiger partial charge in [-0.2, -0.15) is 0 Å². The van der Waals surface area contributed by atoms with Crippen molar-refractivity contribution >= 4 is 17.8 Å². The molecule has 0 aliphatic heterocycles. The second-order valence-corrected chi connectivity index (χ2v) is 18.1. The van der Waals surface area contributed by atoms with Gasteiger partial charge in [-0.05, 0) is 54.4 Å². The van der Waals surface area contributed by atoms with Gasteiger partial charge < -0.3 is 85.3 Å². The number of carbonyl (C=O) groups excluding carboxylic acids is 2. The van der Waals surface area contributed by atoms with Gasteiger partial charge >= 0.3 is 5.97 Å². The van der Waals surface area contributed by atoms with E-state index < -0.39 is 103 Å². The van der Waals surface area contributed by atoms with Gasteiger partial charge in [-0.1, -0.05) is 13.8 Å². The van der Waals surface area contributed by atoms with Crippen molar-refractivity contribution < 1.29 is 89.5 Å². The first-order valence-electron chi connectivity index (χ1n) is 20.6. The third kappa shape index (κ3) is 23.4. The maximum absolute atomic E-state index is 13.7. The summed E-state index contributed by atoms with van der Waals surface area (Å²) in [5, 5.41) is 111. The molecule has 0 spiro atoms. The Kier molecular flexibility index (Phi) is 26.9. The van der Waals surface area contributed by atoms with E-state index in [0.717, 1.165) is 0 Å². The van der Waals surface area contributed by atoms with Crippen molar-refractivity contribution in [3.8, 4) is 0 Å². The van der Waals surface area contributed by atoms with Crippen molar-refractivity contribution in [2.75, 3.05) is 92.6 Å². The van der Waals surface area contributed by atoms with Crippen LogP contribution in [0.25, 0.3) is 0 Å². The number of amides is 2. The largest absolute Gasteiger partial charge is 0.481 e. The minimum atomic E-state index is -1.92. The zero-order chi connectivity index (χ0) is 47.4. The first-order valence-corrected chi connectivity index (χ1v) is 20.6. The maximum Gasteiger partial charge on any atom is 0.305 e. The maximum atomic E-state index is 13.7. The van der Waals surface area contributed by atoms with E-state index >= 15 is 0 Å². The van der Waals surface area contributed by atoms with Crippen LogP contribution in [-0.2, 0) is 33.3 Å². The number of aliphatic hydroxyl groups excluding tert-OH is 10. The van der Waals surface area contributed by atoms with Crippen LogP contribution in [0, 0.1) is 10.8 Å². The minimum absolute atomic E-state index is 0.0192. The van der Waals surface area contributed by atoms with Crippen LogP contribution < -0.4 is 5.32 Å². The van der Waals surface area contributed by atoms with Crippen molar-refractivity contribution in [1.29, 1.82) is 0 Å². The molecular formula is C40H79N3O18. The van der Waals surface area contributed by atoms with Crippen LogP contribution >= 0.6 is 0 Å². The van der Waals surface area contributed by atoms with Crippen LogP contribution in [0.5, 0.6) is 0 Å². The summed E-state index contributed by atoms with van der Waals surface area (Å²) in [7, 11) is 1.64. The highest BCUT2D eigenvalue weighted by molar-refractivity contribution is 5.85. The fourth-order valence-electron chi connectivity index (χ4n) is 6.63. The summed E-state index contributed by atoms with van der Waals surface area (Å²) >= 11 is 0. The van der Waals surface area contributed by atoms with Gasteiger partial charge in [0.25, 0.3) is 0 Å². The molecule has 0 aromatic heterocycles. The van der Waals surface area contributed by atoms with Gasteiger partial charge in [-0.3, -0.25) is 19.3 Å². The number of carboxylic acids is 1. The van der Waals surface area contributed by atoms with Crippen LogP contribution in [0.3, 0.4) is 0 Å². The van der Waals surface area contributed by atoms with E-state index in [-0.39, 0.29) is 77.5 Å². The van der Waals surface area contributed by atoms with Gasteiger partial charge in [0.15, 0.2) is 0 Å². The number of carboxylic acid groups (broad SMARTS) is 1. The Bertz CT molecular complexity index is 1230. The average molecular weight is 890 g/mol. The zero-order valence-electron chi connectivity index (χ0n) is 37.6. The first-order chi connectivity index (χ1) is 28.0. The predicted octanol–water partition coefficient (Wildman–Crippen LogP) is -3.33. The number of rotatable bonds is 35. The molecule has 0 aliphatic rings. The molecule has 0 radical (unpaired) electrons. The molecule has 61 heavy (non-hydrogen) atoms. The average Bonchev–Trinajstić information content (AvgIpc) is 3.16. The van der Waals surface area contributed by atoms with Crippen LogP contribution in [0.15, 0.2) is 0 Å². The number of aliphatic hydroxyl groups is 10. The molecule has 2 amide bonds. The van der Waals surface area contributed by atoms with Gasteiger partial charge in [0.2, 0.25) is 11.8 Å². The second-order valence-electron chi connectivity index (χ2n) is 18.1. The van der Waals surface area contributed by atoms with Crippen molar-refractivity contribution in [3.05, 3.63) is 0 Å². The molecule has 362 valence electrons. The fourth-order valence-corrected chi connectivity index (χ4v) is 6.63. The van der Waals surface area contributed by atoms with Gasteiger partial charge in [-0.15, -0.1) is 0 Å². The summed E-state index contributed by atoms with van der Waals surface area (Å²) in [5.41, 5.74) is -3.36. The summed E-state index contributed by atoms with van der Waals surface area (Å²) in [4.78, 5) is 40.0. The van der Waals surface area contributed by atoms with Crippen LogP contribution in [0.2, 0.25) is 0 Å². The lowest BCUT2D eigenvalue weighted by molar-refractivity contribution is -0.147. The summed E-state index contributed by atoms with van der Waals surface area (Å²) in [6.45, 7) is 13.2. The smallest absolute Gasteiger partial charge is 0.305 e. The Labute approximate surface area is 360 Å². The highest BCUT2D eigenvalue weighted by Crippen LogP contribution is 2.33. The molecule has 0 aromatic rings. The Morgan fingerprint density at radius 2 is 1.07 bits per heavy atom. The summed E-state index contributed by atoms with van der Waals surface area (Å²) in [5.74, 6) is -1.39. The molecular weight excluding hydrogens is 810 g/mol. The number of carbonyl (C=O) groups is 3. The van der Waals surface area contributed by atoms with Gasteiger partial charge in [0, 0.05) is 45.2 Å². The van der Waals surface area contributed by atoms with E-state index in [9.17, 15) is 55.2 Å². The molecule has 21 nitrogen and oxygen atoms in total. The van der Waals surface area contributed by atoms with Crippen molar-refractivity contribution in [2.24, 2.45) is 10.8 Å². The van der Waals surface area contributed by atoms with Crippen molar-refractivity contribution in [3.63, 3.8) is 0 Å². The van der Waals surface area contributed by atoms with E-state index in [2.05, 4.69) is 5.32 Å². The highest BCUT2D eigenvalue weighted by atomic mass is 16.5. The van der Waals surface area contributed by atoms with E-state index in [4.69, 9.17) is 34.3 Å². The number of ether oxygens (including phenoxy) is 4. The number of nitrogens with one attached hydrogen (secondary N) is 1. The minimum Gasteiger partial charge on any atom is -0.481 e. The quantitative estimate of drug-likeness (QED) is 0.0277. The molecule has 0 saturated heterocycles. The van der Waals surface area contributed by atoms with Crippen LogP contribution in [0.1, 0.15) is 74.7 Å². The Balaban J connectivity index is 5.23. The Morgan fingerprint density at radius 3 is 1.54 bits per heavy atom. The lowest BCUT2D eigenvalue weighted by atomic mass is 9.80. The zero-order valence-corrected chi connectivity index (χ0v) is 37.6. The molecule has 0 rings (SSSR count). The van der Waals surface area contributed by atoms with Crippen molar-refractivity contribution in [1.82, 2.24) is 15.1 Å². The van der Waals surface area contributed by atoms with Gasteiger partial charge in [0.05, 0.1) is 88.1 Å². The van der Waals surface area contributed by atoms with Crippen LogP contribution in [-0.4, -0.2) is 236 Å². The van der Waals surface area contributed by atoms with E-state index in [0.29, 0.717) is 12.8 Å². The van der Waals surface area contributed by atoms with Gasteiger partial charge in [-0.25, -0.2) is 0 Å². The number of hydrogen-bond donors (Lipinski definition) is 12. The number of nitrogens with zero attached hydrogens (tertiary/aromatic N) is 2. The Hall–Kier alpha value is -2.19.